The van der Waals surface area contributed by atoms with Gasteiger partial charge in [0, 0.05) is 25.0 Å². The van der Waals surface area contributed by atoms with E-state index in [0.29, 0.717) is 18.4 Å². The lowest BCUT2D eigenvalue weighted by molar-refractivity contribution is 0.0943. The predicted molar refractivity (Wildman–Crippen MR) is 63.4 cm³/mol. The van der Waals surface area contributed by atoms with E-state index in [4.69, 9.17) is 0 Å². The first-order valence-electron chi connectivity index (χ1n) is 5.47. The van der Waals surface area contributed by atoms with Gasteiger partial charge in [0.05, 0.1) is 0 Å². The van der Waals surface area contributed by atoms with Crippen molar-refractivity contribution in [3.63, 3.8) is 0 Å². The van der Waals surface area contributed by atoms with Gasteiger partial charge in [-0.25, -0.2) is 0 Å². The summed E-state index contributed by atoms with van der Waals surface area (Å²) < 4.78 is 0. The number of carbonyl (C=O) groups excluding carboxylic acids is 1. The molecule has 88 valence electrons. The average Bonchev–Trinajstić information content (AvgIpc) is 2.25. The molecule has 0 aliphatic heterocycles. The Morgan fingerprint density at radius 3 is 2.69 bits per heavy atom. The van der Waals surface area contributed by atoms with E-state index < -0.39 is 0 Å². The van der Waals surface area contributed by atoms with Crippen LogP contribution in [0.2, 0.25) is 0 Å². The van der Waals surface area contributed by atoms with E-state index in [2.05, 4.69) is 31.1 Å². The smallest absolute Gasteiger partial charge is 0.256 e. The van der Waals surface area contributed by atoms with Crippen LogP contribution in [0.1, 0.15) is 31.1 Å². The number of rotatable bonds is 4. The molecule has 4 heteroatoms. The lowest BCUT2D eigenvalue weighted by Crippen LogP contribution is -2.33. The van der Waals surface area contributed by atoms with Crippen LogP contribution in [0.5, 0.6) is 0 Å². The molecule has 1 amide bonds. The number of pyridine rings is 1. The molecule has 0 radical (unpaired) electrons. The quantitative estimate of drug-likeness (QED) is 0.808. The van der Waals surface area contributed by atoms with Crippen LogP contribution in [0, 0.1) is 11.8 Å². The molecule has 0 aromatic carbocycles. The van der Waals surface area contributed by atoms with E-state index in [1.165, 1.54) is 18.5 Å². The van der Waals surface area contributed by atoms with Crippen LogP contribution in [-0.2, 0) is 0 Å². The number of carbonyl (C=O) groups is 1. The Morgan fingerprint density at radius 2 is 2.12 bits per heavy atom. The third kappa shape index (κ3) is 3.22. The molecule has 1 aromatic heterocycles. The first kappa shape index (κ1) is 12.5. The summed E-state index contributed by atoms with van der Waals surface area (Å²) in [6.07, 6.45) is 2.94. The summed E-state index contributed by atoms with van der Waals surface area (Å²) in [5, 5.41) is 2.76. The highest BCUT2D eigenvalue weighted by molar-refractivity contribution is 5.93. The molecular weight excluding hydrogens is 204 g/mol. The predicted octanol–water partition coefficient (Wildman–Crippen LogP) is 1.40. The lowest BCUT2D eigenvalue weighted by atomic mass is 9.98. The molecule has 1 aromatic rings. The highest BCUT2D eigenvalue weighted by Gasteiger charge is 2.12. The fraction of sp³-hybridized carbons (Fsp3) is 0.500. The Labute approximate surface area is 95.1 Å². The van der Waals surface area contributed by atoms with Gasteiger partial charge in [-0.1, -0.05) is 20.8 Å². The van der Waals surface area contributed by atoms with Gasteiger partial charge in [-0.15, -0.1) is 0 Å². The van der Waals surface area contributed by atoms with E-state index in [0.717, 1.165) is 0 Å². The topological polar surface area (TPSA) is 62.0 Å². The number of aromatic amines is 1. The standard InChI is InChI=1S/C12H18N2O2/c1-8(2)9(3)6-14-12(16)10-7-13-5-4-11(10)15/h4-5,7-9H,6H2,1-3H3,(H,13,15)(H,14,16). The monoisotopic (exact) mass is 222 g/mol. The first-order valence-corrected chi connectivity index (χ1v) is 5.47. The number of aromatic nitrogens is 1. The van der Waals surface area contributed by atoms with Crippen LogP contribution in [0.3, 0.4) is 0 Å². The van der Waals surface area contributed by atoms with Crippen molar-refractivity contribution in [1.29, 1.82) is 0 Å². The molecular formula is C12H18N2O2. The summed E-state index contributed by atoms with van der Waals surface area (Å²) in [6.45, 7) is 6.86. The summed E-state index contributed by atoms with van der Waals surface area (Å²) in [4.78, 5) is 25.8. The third-order valence-corrected chi connectivity index (χ3v) is 2.79. The zero-order valence-electron chi connectivity index (χ0n) is 9.91. The minimum Gasteiger partial charge on any atom is -0.367 e. The van der Waals surface area contributed by atoms with Crippen molar-refractivity contribution in [2.75, 3.05) is 6.54 Å². The Hall–Kier alpha value is -1.58. The molecule has 1 rings (SSSR count). The van der Waals surface area contributed by atoms with Crippen molar-refractivity contribution in [3.8, 4) is 0 Å². The summed E-state index contributed by atoms with van der Waals surface area (Å²) in [5.41, 5.74) is -0.0908. The maximum Gasteiger partial charge on any atom is 0.256 e. The zero-order chi connectivity index (χ0) is 12.1. The Bertz CT molecular complexity index is 409. The molecule has 1 atom stereocenters. The maximum absolute atomic E-state index is 11.7. The molecule has 0 aliphatic carbocycles. The van der Waals surface area contributed by atoms with Gasteiger partial charge in [-0.05, 0) is 11.8 Å². The van der Waals surface area contributed by atoms with E-state index in [9.17, 15) is 9.59 Å². The van der Waals surface area contributed by atoms with Crippen molar-refractivity contribution >= 4 is 5.91 Å². The zero-order valence-corrected chi connectivity index (χ0v) is 9.91. The lowest BCUT2D eigenvalue weighted by Gasteiger charge is -2.15. The van der Waals surface area contributed by atoms with Crippen LogP contribution >= 0.6 is 0 Å². The van der Waals surface area contributed by atoms with Crippen molar-refractivity contribution in [3.05, 3.63) is 34.2 Å². The molecule has 2 N–H and O–H groups in total. The summed E-state index contributed by atoms with van der Waals surface area (Å²) >= 11 is 0. The summed E-state index contributed by atoms with van der Waals surface area (Å²) in [7, 11) is 0. The first-order chi connectivity index (χ1) is 7.52. The third-order valence-electron chi connectivity index (χ3n) is 2.79. The molecule has 1 heterocycles. The molecule has 0 fully saturated rings. The van der Waals surface area contributed by atoms with Crippen molar-refractivity contribution < 1.29 is 4.79 Å². The van der Waals surface area contributed by atoms with Gasteiger partial charge in [-0.3, -0.25) is 9.59 Å². The molecule has 4 nitrogen and oxygen atoms in total. The number of hydrogen-bond acceptors (Lipinski definition) is 2. The largest absolute Gasteiger partial charge is 0.367 e. The fourth-order valence-corrected chi connectivity index (χ4v) is 1.18. The van der Waals surface area contributed by atoms with Crippen LogP contribution in [-0.4, -0.2) is 17.4 Å². The second-order valence-corrected chi connectivity index (χ2v) is 4.35. The summed E-state index contributed by atoms with van der Waals surface area (Å²) in [6, 6.07) is 1.35. The van der Waals surface area contributed by atoms with E-state index in [1.807, 2.05) is 0 Å². The summed E-state index contributed by atoms with van der Waals surface area (Å²) in [5.74, 6) is 0.593. The highest BCUT2D eigenvalue weighted by Crippen LogP contribution is 2.07. The second kappa shape index (κ2) is 5.49. The number of hydrogen-bond donors (Lipinski definition) is 2. The number of nitrogens with one attached hydrogen (secondary N) is 2. The van der Waals surface area contributed by atoms with E-state index in [-0.39, 0.29) is 16.9 Å². The van der Waals surface area contributed by atoms with E-state index in [1.54, 1.807) is 0 Å². The Morgan fingerprint density at radius 1 is 1.44 bits per heavy atom. The SMILES string of the molecule is CC(C)C(C)CNC(=O)c1c[nH]ccc1=O. The molecule has 1 unspecified atom stereocenters. The van der Waals surface area contributed by atoms with E-state index >= 15 is 0 Å². The number of amides is 1. The van der Waals surface area contributed by atoms with Gasteiger partial charge < -0.3 is 10.3 Å². The van der Waals surface area contributed by atoms with Crippen molar-refractivity contribution in [1.82, 2.24) is 10.3 Å². The molecule has 0 aliphatic rings. The van der Waals surface area contributed by atoms with Crippen LogP contribution in [0.25, 0.3) is 0 Å². The Balaban J connectivity index is 2.61. The van der Waals surface area contributed by atoms with Gasteiger partial charge in [0.2, 0.25) is 0 Å². The molecule has 0 bridgehead atoms. The minimum absolute atomic E-state index is 0.165. The van der Waals surface area contributed by atoms with Crippen LogP contribution in [0.15, 0.2) is 23.3 Å². The average molecular weight is 222 g/mol. The maximum atomic E-state index is 11.7. The van der Waals surface area contributed by atoms with Crippen LogP contribution < -0.4 is 10.7 Å². The van der Waals surface area contributed by atoms with Gasteiger partial charge in [0.15, 0.2) is 5.43 Å². The van der Waals surface area contributed by atoms with Crippen molar-refractivity contribution in [2.24, 2.45) is 11.8 Å². The van der Waals surface area contributed by atoms with Gasteiger partial charge in [0.1, 0.15) is 5.56 Å². The molecule has 0 spiro atoms. The van der Waals surface area contributed by atoms with Gasteiger partial charge in [-0.2, -0.15) is 0 Å². The molecule has 0 saturated heterocycles. The number of H-pyrrole nitrogens is 1. The van der Waals surface area contributed by atoms with Gasteiger partial charge in [0.25, 0.3) is 5.91 Å². The highest BCUT2D eigenvalue weighted by atomic mass is 16.2. The Kier molecular flexibility index (Phi) is 4.28. The van der Waals surface area contributed by atoms with Crippen LogP contribution in [0.4, 0.5) is 0 Å². The molecule has 16 heavy (non-hydrogen) atoms. The van der Waals surface area contributed by atoms with Gasteiger partial charge >= 0.3 is 0 Å². The normalized spacial score (nSPS) is 12.5. The second-order valence-electron chi connectivity index (χ2n) is 4.35. The minimum atomic E-state index is -0.311. The van der Waals surface area contributed by atoms with Crippen molar-refractivity contribution in [2.45, 2.75) is 20.8 Å². The fourth-order valence-electron chi connectivity index (χ4n) is 1.18. The molecule has 0 saturated carbocycles.